The van der Waals surface area contributed by atoms with Gasteiger partial charge in [0.15, 0.2) is 0 Å². The van der Waals surface area contributed by atoms with E-state index in [9.17, 15) is 0 Å². The van der Waals surface area contributed by atoms with Gasteiger partial charge in [0, 0.05) is 71.1 Å². The summed E-state index contributed by atoms with van der Waals surface area (Å²) < 4.78 is 18.5. The second-order valence-corrected chi connectivity index (χ2v) is 8.81. The van der Waals surface area contributed by atoms with Gasteiger partial charge in [0.05, 0.1) is 5.52 Å². The molecule has 4 aromatic rings. The zero-order valence-corrected chi connectivity index (χ0v) is 19.0. The molecule has 4 nitrogen and oxygen atoms in total. The fourth-order valence-corrected chi connectivity index (χ4v) is 4.58. The summed E-state index contributed by atoms with van der Waals surface area (Å²) in [6.07, 6.45) is 4.30. The quantitative estimate of drug-likeness (QED) is 0.422. The second kappa shape index (κ2) is 7.99. The lowest BCUT2D eigenvalue weighted by atomic mass is 10.0. The molecular weight excluding hydrogens is 399 g/mol. The molecule has 0 amide bonds. The lowest BCUT2D eigenvalue weighted by Crippen LogP contribution is -2.27. The van der Waals surface area contributed by atoms with Crippen LogP contribution >= 0.6 is 0 Å². The predicted octanol–water partition coefficient (Wildman–Crippen LogP) is 5.69. The monoisotopic (exact) mass is 426 g/mol. The molecule has 0 spiro atoms. The summed E-state index contributed by atoms with van der Waals surface area (Å²) in [6, 6.07) is 14.0. The molecule has 0 saturated carbocycles. The van der Waals surface area contributed by atoms with E-state index in [1.165, 1.54) is 11.1 Å². The van der Waals surface area contributed by atoms with Gasteiger partial charge in [-0.2, -0.15) is 4.39 Å². The fraction of sp³-hybridized carbons (Fsp3) is 0.259. The van der Waals surface area contributed by atoms with E-state index < -0.39 is 0 Å². The molecule has 0 fully saturated rings. The Morgan fingerprint density at radius 2 is 1.56 bits per heavy atom. The average molecular weight is 427 g/mol. The maximum Gasteiger partial charge on any atom is 0.207 e. The molecule has 4 heterocycles. The van der Waals surface area contributed by atoms with Crippen molar-refractivity contribution in [1.82, 2.24) is 19.4 Å². The highest BCUT2D eigenvalue weighted by molar-refractivity contribution is 5.96. The first-order valence-corrected chi connectivity index (χ1v) is 11.0. The molecule has 0 saturated heterocycles. The van der Waals surface area contributed by atoms with Crippen LogP contribution in [0.15, 0.2) is 54.9 Å². The van der Waals surface area contributed by atoms with Crippen molar-refractivity contribution in [3.63, 3.8) is 0 Å². The van der Waals surface area contributed by atoms with Gasteiger partial charge in [0.25, 0.3) is 0 Å². The van der Waals surface area contributed by atoms with E-state index >= 15 is 4.39 Å². The molecule has 0 aliphatic carbocycles. The Balaban J connectivity index is 1.83. The third-order valence-electron chi connectivity index (χ3n) is 6.30. The number of hydrogen-bond acceptors (Lipinski definition) is 3. The minimum Gasteiger partial charge on any atom is -0.302 e. The summed E-state index contributed by atoms with van der Waals surface area (Å²) in [5, 5.41) is 1.13. The minimum absolute atomic E-state index is 0.277. The molecule has 3 aromatic heterocycles. The molecule has 5 heteroatoms. The first kappa shape index (κ1) is 20.6. The number of benzene rings is 1. The first-order valence-electron chi connectivity index (χ1n) is 11.0. The van der Waals surface area contributed by atoms with Crippen LogP contribution in [0.5, 0.6) is 0 Å². The van der Waals surface area contributed by atoms with Gasteiger partial charge in [-0.05, 0) is 57.6 Å². The van der Waals surface area contributed by atoms with E-state index in [4.69, 9.17) is 0 Å². The maximum atomic E-state index is 16.7. The van der Waals surface area contributed by atoms with Crippen LogP contribution in [0.25, 0.3) is 22.4 Å². The molecule has 1 aliphatic heterocycles. The third kappa shape index (κ3) is 3.53. The highest BCUT2D eigenvalue weighted by Crippen LogP contribution is 2.38. The summed E-state index contributed by atoms with van der Waals surface area (Å²) in [7, 11) is 2.12. The summed E-state index contributed by atoms with van der Waals surface area (Å²) in [4.78, 5) is 11.2. The number of rotatable bonds is 3. The Hall–Kier alpha value is -3.31. The molecule has 0 radical (unpaired) electrons. The number of halogens is 1. The molecule has 0 bridgehead atoms. The van der Waals surface area contributed by atoms with Crippen molar-refractivity contribution in [2.75, 3.05) is 13.6 Å². The van der Waals surface area contributed by atoms with E-state index in [0.717, 1.165) is 58.6 Å². The van der Waals surface area contributed by atoms with E-state index in [1.807, 2.05) is 48.7 Å². The van der Waals surface area contributed by atoms with Crippen molar-refractivity contribution >= 4 is 22.4 Å². The zero-order valence-electron chi connectivity index (χ0n) is 19.0. The van der Waals surface area contributed by atoms with Gasteiger partial charge < -0.3 is 4.90 Å². The molecule has 162 valence electrons. The van der Waals surface area contributed by atoms with Gasteiger partial charge in [-0.25, -0.2) is 0 Å². The molecular formula is C27H27FN4. The Bertz CT molecular complexity index is 1280. The van der Waals surface area contributed by atoms with Gasteiger partial charge in [-0.3, -0.25) is 14.5 Å². The maximum absolute atomic E-state index is 16.7. The van der Waals surface area contributed by atoms with E-state index in [-0.39, 0.29) is 5.95 Å². The fourth-order valence-electron chi connectivity index (χ4n) is 4.58. The van der Waals surface area contributed by atoms with Crippen molar-refractivity contribution in [1.29, 1.82) is 0 Å². The van der Waals surface area contributed by atoms with Crippen molar-refractivity contribution in [2.24, 2.45) is 0 Å². The molecule has 0 unspecified atom stereocenters. The van der Waals surface area contributed by atoms with Gasteiger partial charge >= 0.3 is 0 Å². The average Bonchev–Trinajstić information content (AvgIpc) is 3.09. The number of pyridine rings is 2. The van der Waals surface area contributed by atoms with Crippen LogP contribution in [-0.2, 0) is 13.0 Å². The molecule has 1 aliphatic rings. The highest BCUT2D eigenvalue weighted by Gasteiger charge is 2.26. The van der Waals surface area contributed by atoms with Crippen LogP contribution in [0, 0.1) is 20.8 Å². The predicted molar refractivity (Wildman–Crippen MR) is 128 cm³/mol. The SMILES string of the molecule is Cc1ccc2c(c1)c1c(n2C(F)=C(c2ccc(C)nc2)c2ccc(C)nc2)CCN(C)C1. The largest absolute Gasteiger partial charge is 0.302 e. The lowest BCUT2D eigenvalue weighted by molar-refractivity contribution is 0.311. The van der Waals surface area contributed by atoms with Gasteiger partial charge in [0.1, 0.15) is 0 Å². The molecule has 32 heavy (non-hydrogen) atoms. The number of aromatic nitrogens is 3. The summed E-state index contributed by atoms with van der Waals surface area (Å²) in [5.74, 6) is -0.277. The summed E-state index contributed by atoms with van der Waals surface area (Å²) in [6.45, 7) is 7.69. The topological polar surface area (TPSA) is 34.0 Å². The van der Waals surface area contributed by atoms with Crippen LogP contribution in [0.2, 0.25) is 0 Å². The lowest BCUT2D eigenvalue weighted by Gasteiger charge is -2.24. The van der Waals surface area contributed by atoms with Crippen LogP contribution < -0.4 is 0 Å². The summed E-state index contributed by atoms with van der Waals surface area (Å²) >= 11 is 0. The van der Waals surface area contributed by atoms with Crippen molar-refractivity contribution < 1.29 is 4.39 Å². The Kier molecular flexibility index (Phi) is 5.14. The third-order valence-corrected chi connectivity index (χ3v) is 6.30. The zero-order chi connectivity index (χ0) is 22.4. The Morgan fingerprint density at radius 1 is 0.906 bits per heavy atom. The Labute approximate surface area is 188 Å². The number of fused-ring (bicyclic) bond motifs is 3. The number of aryl methyl sites for hydroxylation is 3. The molecule has 1 aromatic carbocycles. The van der Waals surface area contributed by atoms with Crippen molar-refractivity contribution in [2.45, 2.75) is 33.7 Å². The second-order valence-electron chi connectivity index (χ2n) is 8.81. The van der Waals surface area contributed by atoms with E-state index in [1.54, 1.807) is 12.4 Å². The number of likely N-dealkylation sites (N-methyl/N-ethyl adjacent to an activating group) is 1. The van der Waals surface area contributed by atoms with Crippen molar-refractivity contribution in [3.05, 3.63) is 94.2 Å². The van der Waals surface area contributed by atoms with E-state index in [0.29, 0.717) is 5.57 Å². The molecule has 0 N–H and O–H groups in total. The van der Waals surface area contributed by atoms with Crippen LogP contribution in [0.4, 0.5) is 4.39 Å². The first-order chi connectivity index (χ1) is 15.4. The molecule has 5 rings (SSSR count). The minimum atomic E-state index is -0.277. The standard InChI is InChI=1S/C27H27FN4/c1-17-5-10-24-22(13-17)23-16-31(4)12-11-25(23)32(24)27(28)26(20-8-6-18(2)29-14-20)21-9-7-19(3)30-15-21/h5-10,13-15H,11-12,16H2,1-4H3. The molecule has 0 atom stereocenters. The van der Waals surface area contributed by atoms with Gasteiger partial charge in [-0.15, -0.1) is 0 Å². The Morgan fingerprint density at radius 3 is 2.16 bits per heavy atom. The number of nitrogens with zero attached hydrogens (tertiary/aromatic N) is 4. The van der Waals surface area contributed by atoms with E-state index in [2.05, 4.69) is 41.0 Å². The van der Waals surface area contributed by atoms with Crippen LogP contribution in [-0.4, -0.2) is 33.0 Å². The van der Waals surface area contributed by atoms with Crippen molar-refractivity contribution in [3.8, 4) is 0 Å². The number of hydrogen-bond donors (Lipinski definition) is 0. The van der Waals surface area contributed by atoms with Crippen LogP contribution in [0.1, 0.15) is 39.3 Å². The van der Waals surface area contributed by atoms with Crippen LogP contribution in [0.3, 0.4) is 0 Å². The van der Waals surface area contributed by atoms with Gasteiger partial charge in [0.2, 0.25) is 5.95 Å². The smallest absolute Gasteiger partial charge is 0.207 e. The highest BCUT2D eigenvalue weighted by atomic mass is 19.1. The van der Waals surface area contributed by atoms with Gasteiger partial charge in [-0.1, -0.05) is 23.8 Å². The normalized spacial score (nSPS) is 13.9. The summed E-state index contributed by atoms with van der Waals surface area (Å²) in [5.41, 5.74) is 8.17.